The van der Waals surface area contributed by atoms with Gasteiger partial charge >= 0.3 is 0 Å². The zero-order valence-electron chi connectivity index (χ0n) is 12.3. The van der Waals surface area contributed by atoms with E-state index in [1.807, 2.05) is 0 Å². The topological polar surface area (TPSA) is 29.5 Å². The van der Waals surface area contributed by atoms with Crippen LogP contribution in [0.3, 0.4) is 0 Å². The lowest BCUT2D eigenvalue weighted by Gasteiger charge is -2.45. The maximum Gasteiger partial charge on any atom is 0.0666 e. The van der Waals surface area contributed by atoms with Crippen LogP contribution >= 0.6 is 0 Å². The molecule has 20 heavy (non-hydrogen) atoms. The first-order valence-electron chi connectivity index (χ1n) is 8.14. The molecule has 1 N–H and O–H groups in total. The molecule has 1 aromatic rings. The Kier molecular flexibility index (Phi) is 4.42. The third kappa shape index (κ3) is 2.64. The molecule has 1 heterocycles. The quantitative estimate of drug-likeness (QED) is 0.911. The van der Waals surface area contributed by atoms with Crippen LogP contribution < -0.4 is 0 Å². The molecule has 2 heteroatoms. The summed E-state index contributed by atoms with van der Waals surface area (Å²) in [7, 11) is 0. The van der Waals surface area contributed by atoms with Crippen molar-refractivity contribution in [2.75, 3.05) is 13.2 Å². The average molecular weight is 274 g/mol. The molecular weight excluding hydrogens is 248 g/mol. The van der Waals surface area contributed by atoms with E-state index in [0.29, 0.717) is 5.92 Å². The monoisotopic (exact) mass is 274 g/mol. The van der Waals surface area contributed by atoms with Crippen LogP contribution in [0.15, 0.2) is 30.3 Å². The Morgan fingerprint density at radius 3 is 2.30 bits per heavy atom. The lowest BCUT2D eigenvalue weighted by Crippen LogP contribution is -2.47. The van der Waals surface area contributed by atoms with Crippen LogP contribution in [0, 0.1) is 5.92 Å². The van der Waals surface area contributed by atoms with Crippen LogP contribution in [0.25, 0.3) is 0 Å². The number of aliphatic hydroxyl groups excluding tert-OH is 1. The minimum atomic E-state index is -0.214. The van der Waals surface area contributed by atoms with Crippen LogP contribution in [-0.2, 0) is 10.2 Å². The predicted molar refractivity (Wildman–Crippen MR) is 80.8 cm³/mol. The predicted octanol–water partition coefficient (Wildman–Crippen LogP) is 3.68. The van der Waals surface area contributed by atoms with Crippen molar-refractivity contribution in [3.05, 3.63) is 35.9 Å². The van der Waals surface area contributed by atoms with E-state index in [0.717, 1.165) is 38.9 Å². The third-order valence-corrected chi connectivity index (χ3v) is 5.37. The molecule has 3 rings (SSSR count). The fourth-order valence-corrected chi connectivity index (χ4v) is 4.19. The van der Waals surface area contributed by atoms with Crippen molar-refractivity contribution in [1.82, 2.24) is 0 Å². The van der Waals surface area contributed by atoms with Crippen LogP contribution in [0.1, 0.15) is 50.5 Å². The Hall–Kier alpha value is -0.860. The zero-order valence-corrected chi connectivity index (χ0v) is 12.3. The zero-order chi connectivity index (χ0) is 13.8. The largest absolute Gasteiger partial charge is 0.392 e. The van der Waals surface area contributed by atoms with Gasteiger partial charge < -0.3 is 9.84 Å². The molecule has 2 fully saturated rings. The van der Waals surface area contributed by atoms with E-state index in [9.17, 15) is 5.11 Å². The first-order valence-corrected chi connectivity index (χ1v) is 8.14. The molecule has 1 aliphatic heterocycles. The number of hydrogen-bond acceptors (Lipinski definition) is 2. The molecule has 0 bridgehead atoms. The van der Waals surface area contributed by atoms with Gasteiger partial charge in [-0.15, -0.1) is 0 Å². The summed E-state index contributed by atoms with van der Waals surface area (Å²) in [6.45, 7) is 1.62. The summed E-state index contributed by atoms with van der Waals surface area (Å²) < 4.78 is 5.46. The molecule has 2 nitrogen and oxygen atoms in total. The highest BCUT2D eigenvalue weighted by Gasteiger charge is 2.44. The summed E-state index contributed by atoms with van der Waals surface area (Å²) in [5.41, 5.74) is 1.33. The second kappa shape index (κ2) is 6.28. The van der Waals surface area contributed by atoms with E-state index in [1.54, 1.807) is 0 Å². The van der Waals surface area contributed by atoms with Gasteiger partial charge in [-0.1, -0.05) is 49.6 Å². The number of benzene rings is 1. The van der Waals surface area contributed by atoms with Gasteiger partial charge in [-0.25, -0.2) is 0 Å². The fraction of sp³-hybridized carbons (Fsp3) is 0.667. The molecule has 110 valence electrons. The molecule has 1 saturated heterocycles. The lowest BCUT2D eigenvalue weighted by atomic mass is 9.62. The standard InChI is InChI=1S/C18H26O2/c19-17(15-9-13-20-14-10-15)18(11-5-2-6-12-18)16-7-3-1-4-8-16/h1,3-4,7-8,15,17,19H,2,5-6,9-14H2. The molecule has 1 unspecified atom stereocenters. The number of hydrogen-bond donors (Lipinski definition) is 1. The Labute approximate surface area is 122 Å². The van der Waals surface area contributed by atoms with Gasteiger partial charge in [0, 0.05) is 18.6 Å². The maximum atomic E-state index is 11.1. The number of rotatable bonds is 3. The van der Waals surface area contributed by atoms with Crippen molar-refractivity contribution in [1.29, 1.82) is 0 Å². The van der Waals surface area contributed by atoms with E-state index in [4.69, 9.17) is 4.74 Å². The third-order valence-electron chi connectivity index (χ3n) is 5.37. The second-order valence-corrected chi connectivity index (χ2v) is 6.48. The van der Waals surface area contributed by atoms with E-state index >= 15 is 0 Å². The molecule has 1 saturated carbocycles. The fourth-order valence-electron chi connectivity index (χ4n) is 4.19. The van der Waals surface area contributed by atoms with Gasteiger partial charge in [-0.05, 0) is 37.2 Å². The summed E-state index contributed by atoms with van der Waals surface area (Å²) in [5, 5.41) is 11.1. The molecule has 1 aliphatic carbocycles. The Balaban J connectivity index is 1.88. The molecule has 1 aromatic carbocycles. The highest BCUT2D eigenvalue weighted by Crippen LogP contribution is 2.45. The molecule has 0 radical (unpaired) electrons. The van der Waals surface area contributed by atoms with Gasteiger partial charge in [0.25, 0.3) is 0 Å². The Bertz CT molecular complexity index is 403. The number of ether oxygens (including phenoxy) is 1. The summed E-state index contributed by atoms with van der Waals surface area (Å²) in [6, 6.07) is 10.7. The van der Waals surface area contributed by atoms with Crippen LogP contribution in [-0.4, -0.2) is 24.4 Å². The van der Waals surface area contributed by atoms with Crippen LogP contribution in [0.2, 0.25) is 0 Å². The Morgan fingerprint density at radius 2 is 1.65 bits per heavy atom. The lowest BCUT2D eigenvalue weighted by molar-refractivity contribution is -0.0401. The van der Waals surface area contributed by atoms with E-state index in [2.05, 4.69) is 30.3 Å². The molecule has 0 amide bonds. The van der Waals surface area contributed by atoms with Crippen molar-refractivity contribution < 1.29 is 9.84 Å². The van der Waals surface area contributed by atoms with Crippen LogP contribution in [0.4, 0.5) is 0 Å². The van der Waals surface area contributed by atoms with Crippen molar-refractivity contribution in [3.8, 4) is 0 Å². The van der Waals surface area contributed by atoms with Gasteiger partial charge in [0.1, 0.15) is 0 Å². The van der Waals surface area contributed by atoms with Gasteiger partial charge in [0.05, 0.1) is 6.10 Å². The molecule has 2 aliphatic rings. The highest BCUT2D eigenvalue weighted by atomic mass is 16.5. The molecule has 0 aromatic heterocycles. The minimum absolute atomic E-state index is 0.0124. The molecule has 1 atom stereocenters. The summed E-state index contributed by atoms with van der Waals surface area (Å²) in [4.78, 5) is 0. The van der Waals surface area contributed by atoms with Crippen molar-refractivity contribution >= 4 is 0 Å². The normalized spacial score (nSPS) is 25.2. The van der Waals surface area contributed by atoms with E-state index < -0.39 is 0 Å². The maximum absolute atomic E-state index is 11.1. The van der Waals surface area contributed by atoms with Gasteiger partial charge in [0.2, 0.25) is 0 Å². The highest BCUT2D eigenvalue weighted by molar-refractivity contribution is 5.28. The first kappa shape index (κ1) is 14.1. The van der Waals surface area contributed by atoms with Crippen molar-refractivity contribution in [2.45, 2.75) is 56.5 Å². The van der Waals surface area contributed by atoms with Gasteiger partial charge in [-0.3, -0.25) is 0 Å². The Morgan fingerprint density at radius 1 is 1.00 bits per heavy atom. The summed E-state index contributed by atoms with van der Waals surface area (Å²) in [5.74, 6) is 0.405. The van der Waals surface area contributed by atoms with Crippen molar-refractivity contribution in [3.63, 3.8) is 0 Å². The first-order chi connectivity index (χ1) is 9.83. The molecule has 0 spiro atoms. The van der Waals surface area contributed by atoms with Crippen molar-refractivity contribution in [2.24, 2.45) is 5.92 Å². The van der Waals surface area contributed by atoms with E-state index in [-0.39, 0.29) is 11.5 Å². The van der Waals surface area contributed by atoms with Gasteiger partial charge in [-0.2, -0.15) is 0 Å². The minimum Gasteiger partial charge on any atom is -0.392 e. The number of aliphatic hydroxyl groups is 1. The van der Waals surface area contributed by atoms with Crippen LogP contribution in [0.5, 0.6) is 0 Å². The van der Waals surface area contributed by atoms with E-state index in [1.165, 1.54) is 24.8 Å². The second-order valence-electron chi connectivity index (χ2n) is 6.48. The van der Waals surface area contributed by atoms with Gasteiger partial charge in [0.15, 0.2) is 0 Å². The smallest absolute Gasteiger partial charge is 0.0666 e. The molecular formula is C18H26O2. The average Bonchev–Trinajstić information content (AvgIpc) is 2.56. The SMILES string of the molecule is OC(C1CCOCC1)C1(c2ccccc2)CCCCC1. The summed E-state index contributed by atoms with van der Waals surface area (Å²) >= 11 is 0. The summed E-state index contributed by atoms with van der Waals surface area (Å²) in [6.07, 6.45) is 7.88.